The van der Waals surface area contributed by atoms with Crippen molar-refractivity contribution in [2.75, 3.05) is 5.32 Å². The second-order valence-corrected chi connectivity index (χ2v) is 5.43. The summed E-state index contributed by atoms with van der Waals surface area (Å²) in [5.41, 5.74) is 0.657. The number of carbonyl (C=O) groups is 2. The van der Waals surface area contributed by atoms with E-state index in [1.165, 1.54) is 31.2 Å². The number of carboxylic acids is 1. The number of aromatic carboxylic acids is 1. The van der Waals surface area contributed by atoms with Crippen molar-refractivity contribution in [3.63, 3.8) is 0 Å². The smallest absolute Gasteiger partial charge is 0.335 e. The van der Waals surface area contributed by atoms with E-state index >= 15 is 0 Å². The monoisotopic (exact) mass is 367 g/mol. The molecule has 0 fully saturated rings. The lowest BCUT2D eigenvalue weighted by Gasteiger charge is -2.07. The minimum Gasteiger partial charge on any atom is -0.510 e. The predicted octanol–water partition coefficient (Wildman–Crippen LogP) is 4.43. The number of nitrogens with one attached hydrogen (secondary N) is 1. The first-order valence-corrected chi connectivity index (χ1v) is 7.73. The Morgan fingerprint density at radius 2 is 1.63 bits per heavy atom. The summed E-state index contributed by atoms with van der Waals surface area (Å²) in [6, 6.07) is 12.0. The first-order valence-electron chi connectivity index (χ1n) is 7.73. The van der Waals surface area contributed by atoms with Crippen LogP contribution in [0.5, 0.6) is 0 Å². The number of carbonyl (C=O) groups excluding carboxylic acids is 1. The van der Waals surface area contributed by atoms with Crippen LogP contribution in [0.25, 0.3) is 5.76 Å². The van der Waals surface area contributed by atoms with Crippen LogP contribution in [0.15, 0.2) is 76.8 Å². The standard InChI is InChI=1S/C19H17N3O5/c1-11(23)15-5-3-4-6-16(15)21-22-17(12(2)24)18(25)20-14-9-7-13(8-10-14)19(26)27/h3-10,23-24H,1H2,2H3,(H,20,25)(H,26,27). The molecule has 2 aromatic carbocycles. The first-order chi connectivity index (χ1) is 12.8. The molecule has 0 heterocycles. The van der Waals surface area contributed by atoms with Crippen molar-refractivity contribution in [2.45, 2.75) is 6.92 Å². The third-order valence-corrected chi connectivity index (χ3v) is 3.42. The molecule has 4 N–H and O–H groups in total. The number of rotatable bonds is 6. The number of azo groups is 1. The minimum atomic E-state index is -1.09. The SMILES string of the molecule is C=C(O)c1ccccc1N=NC(C(=O)Nc1ccc(C(=O)O)cc1)=C(C)O. The fourth-order valence-corrected chi connectivity index (χ4v) is 2.08. The zero-order valence-corrected chi connectivity index (χ0v) is 14.4. The molecule has 0 saturated heterocycles. The van der Waals surface area contributed by atoms with Gasteiger partial charge in [-0.2, -0.15) is 0 Å². The van der Waals surface area contributed by atoms with Crippen LogP contribution in [0.4, 0.5) is 11.4 Å². The molecule has 0 bridgehead atoms. The van der Waals surface area contributed by atoms with Crippen LogP contribution in [-0.4, -0.2) is 27.2 Å². The Balaban J connectivity index is 2.23. The van der Waals surface area contributed by atoms with Crippen LogP contribution < -0.4 is 5.32 Å². The van der Waals surface area contributed by atoms with Crippen molar-refractivity contribution in [1.29, 1.82) is 0 Å². The van der Waals surface area contributed by atoms with Gasteiger partial charge in [0, 0.05) is 11.3 Å². The maximum absolute atomic E-state index is 12.3. The van der Waals surface area contributed by atoms with Crippen LogP contribution in [0.1, 0.15) is 22.8 Å². The van der Waals surface area contributed by atoms with Crippen LogP contribution in [-0.2, 0) is 4.79 Å². The van der Waals surface area contributed by atoms with E-state index in [2.05, 4.69) is 22.1 Å². The Kier molecular flexibility index (Phi) is 6.06. The molecule has 0 aromatic heterocycles. The molecular formula is C19H17N3O5. The van der Waals surface area contributed by atoms with Gasteiger partial charge in [-0.25, -0.2) is 4.79 Å². The summed E-state index contributed by atoms with van der Waals surface area (Å²) in [5.74, 6) is -2.39. The Bertz CT molecular complexity index is 942. The molecule has 0 aliphatic rings. The van der Waals surface area contributed by atoms with Gasteiger partial charge in [-0.3, -0.25) is 4.79 Å². The van der Waals surface area contributed by atoms with Gasteiger partial charge in [0.1, 0.15) is 11.5 Å². The number of hydrogen-bond donors (Lipinski definition) is 4. The third kappa shape index (κ3) is 5.02. The summed E-state index contributed by atoms with van der Waals surface area (Å²) in [6.07, 6.45) is 0. The van der Waals surface area contributed by atoms with Crippen LogP contribution in [0.2, 0.25) is 0 Å². The van der Waals surface area contributed by atoms with E-state index in [9.17, 15) is 19.8 Å². The maximum atomic E-state index is 12.3. The third-order valence-electron chi connectivity index (χ3n) is 3.42. The molecule has 0 radical (unpaired) electrons. The van der Waals surface area contributed by atoms with E-state index < -0.39 is 11.9 Å². The molecule has 0 atom stereocenters. The molecule has 138 valence electrons. The molecule has 2 aromatic rings. The van der Waals surface area contributed by atoms with E-state index in [-0.39, 0.29) is 28.5 Å². The Morgan fingerprint density at radius 3 is 2.19 bits per heavy atom. The second kappa shape index (κ2) is 8.43. The summed E-state index contributed by atoms with van der Waals surface area (Å²) in [4.78, 5) is 23.2. The Morgan fingerprint density at radius 1 is 1.00 bits per heavy atom. The summed E-state index contributed by atoms with van der Waals surface area (Å²) in [6.45, 7) is 4.71. The highest BCUT2D eigenvalue weighted by Gasteiger charge is 2.14. The van der Waals surface area contributed by atoms with Gasteiger partial charge >= 0.3 is 5.97 Å². The van der Waals surface area contributed by atoms with Gasteiger partial charge in [0.2, 0.25) is 0 Å². The van der Waals surface area contributed by atoms with E-state index in [4.69, 9.17) is 5.11 Å². The second-order valence-electron chi connectivity index (χ2n) is 5.43. The average Bonchev–Trinajstić information content (AvgIpc) is 2.62. The fraction of sp³-hybridized carbons (Fsp3) is 0.0526. The van der Waals surface area contributed by atoms with Gasteiger partial charge in [-0.05, 0) is 43.3 Å². The summed E-state index contributed by atoms with van der Waals surface area (Å²) in [5, 5.41) is 38.4. The van der Waals surface area contributed by atoms with Crippen molar-refractivity contribution >= 4 is 29.0 Å². The summed E-state index contributed by atoms with van der Waals surface area (Å²) in [7, 11) is 0. The summed E-state index contributed by atoms with van der Waals surface area (Å²) >= 11 is 0. The average molecular weight is 367 g/mol. The number of benzene rings is 2. The number of aliphatic hydroxyl groups is 2. The van der Waals surface area contributed by atoms with Gasteiger partial charge in [0.15, 0.2) is 5.70 Å². The van der Waals surface area contributed by atoms with Gasteiger partial charge in [-0.15, -0.1) is 10.2 Å². The molecule has 0 spiro atoms. The number of nitrogens with zero attached hydrogens (tertiary/aromatic N) is 2. The molecular weight excluding hydrogens is 350 g/mol. The topological polar surface area (TPSA) is 132 Å². The highest BCUT2D eigenvalue weighted by Crippen LogP contribution is 2.25. The largest absolute Gasteiger partial charge is 0.510 e. The normalized spacial score (nSPS) is 11.7. The Labute approximate surface area is 154 Å². The van der Waals surface area contributed by atoms with E-state index in [1.807, 2.05) is 0 Å². The van der Waals surface area contributed by atoms with Crippen LogP contribution >= 0.6 is 0 Å². The zero-order valence-electron chi connectivity index (χ0n) is 14.4. The highest BCUT2D eigenvalue weighted by atomic mass is 16.4. The van der Waals surface area contributed by atoms with Gasteiger partial charge in [-0.1, -0.05) is 18.7 Å². The molecule has 2 rings (SSSR count). The van der Waals surface area contributed by atoms with Crippen molar-refractivity contribution in [2.24, 2.45) is 10.2 Å². The number of allylic oxidation sites excluding steroid dienone is 1. The zero-order chi connectivity index (χ0) is 20.0. The lowest BCUT2D eigenvalue weighted by Crippen LogP contribution is -2.14. The van der Waals surface area contributed by atoms with Crippen LogP contribution in [0.3, 0.4) is 0 Å². The predicted molar refractivity (Wildman–Crippen MR) is 100.0 cm³/mol. The Hall–Kier alpha value is -3.94. The molecule has 0 aliphatic heterocycles. The minimum absolute atomic E-state index is 0.0719. The highest BCUT2D eigenvalue weighted by molar-refractivity contribution is 6.03. The lowest BCUT2D eigenvalue weighted by molar-refractivity contribution is -0.113. The first kappa shape index (κ1) is 19.4. The van der Waals surface area contributed by atoms with Crippen molar-refractivity contribution in [3.05, 3.63) is 77.7 Å². The molecule has 8 nitrogen and oxygen atoms in total. The van der Waals surface area contributed by atoms with E-state index in [0.29, 0.717) is 11.3 Å². The van der Waals surface area contributed by atoms with Crippen molar-refractivity contribution in [1.82, 2.24) is 0 Å². The molecule has 8 heteroatoms. The quantitative estimate of drug-likeness (QED) is 0.341. The molecule has 27 heavy (non-hydrogen) atoms. The van der Waals surface area contributed by atoms with Gasteiger partial charge in [0.25, 0.3) is 5.91 Å². The molecule has 1 amide bonds. The van der Waals surface area contributed by atoms with E-state index in [1.54, 1.807) is 24.3 Å². The molecule has 0 aliphatic carbocycles. The number of amides is 1. The molecule has 0 unspecified atom stereocenters. The lowest BCUT2D eigenvalue weighted by atomic mass is 10.1. The number of aliphatic hydroxyl groups excluding tert-OH is 2. The fourth-order valence-electron chi connectivity index (χ4n) is 2.08. The number of hydrogen-bond acceptors (Lipinski definition) is 6. The van der Waals surface area contributed by atoms with Gasteiger partial charge < -0.3 is 20.6 Å². The van der Waals surface area contributed by atoms with Gasteiger partial charge in [0.05, 0.1) is 11.3 Å². The van der Waals surface area contributed by atoms with E-state index in [0.717, 1.165) is 0 Å². The van der Waals surface area contributed by atoms with Crippen molar-refractivity contribution in [3.8, 4) is 0 Å². The van der Waals surface area contributed by atoms with Crippen molar-refractivity contribution < 1.29 is 24.9 Å². The molecule has 0 saturated carbocycles. The number of anilines is 1. The number of carboxylic acid groups (broad SMARTS) is 1. The van der Waals surface area contributed by atoms with Crippen LogP contribution in [0, 0.1) is 0 Å². The maximum Gasteiger partial charge on any atom is 0.335 e. The summed E-state index contributed by atoms with van der Waals surface area (Å²) < 4.78 is 0.